The minimum atomic E-state index is -1.30. The van der Waals surface area contributed by atoms with Gasteiger partial charge in [-0.2, -0.15) is 0 Å². The molecule has 0 bridgehead atoms. The third-order valence-corrected chi connectivity index (χ3v) is 3.79. The topological polar surface area (TPSA) is 84.9 Å². The van der Waals surface area contributed by atoms with E-state index >= 15 is 0 Å². The van der Waals surface area contributed by atoms with E-state index in [0.717, 1.165) is 0 Å². The molecule has 0 aliphatic heterocycles. The lowest BCUT2D eigenvalue weighted by Gasteiger charge is -2.19. The number of nitrogens with one attached hydrogen (secondary N) is 1. The molecule has 2 N–H and O–H groups in total. The van der Waals surface area contributed by atoms with E-state index < -0.39 is 29.8 Å². The van der Waals surface area contributed by atoms with E-state index in [1.54, 1.807) is 24.3 Å². The first-order valence-electron chi connectivity index (χ1n) is 7.91. The molecular weight excluding hydrogens is 341 g/mol. The Morgan fingerprint density at radius 1 is 1.12 bits per heavy atom. The van der Waals surface area contributed by atoms with Gasteiger partial charge in [0.2, 0.25) is 0 Å². The highest BCUT2D eigenvalue weighted by Gasteiger charge is 2.26. The van der Waals surface area contributed by atoms with Crippen LogP contribution in [0.4, 0.5) is 4.39 Å². The Kier molecular flexibility index (Phi) is 6.16. The highest BCUT2D eigenvalue weighted by molar-refractivity contribution is 5.87. The Balaban J connectivity index is 2.08. The number of carbonyl (C=O) groups is 2. The maximum atomic E-state index is 13.4. The van der Waals surface area contributed by atoms with Gasteiger partial charge >= 0.3 is 5.97 Å². The predicted octanol–water partition coefficient (Wildman–Crippen LogP) is 2.85. The molecule has 0 saturated heterocycles. The number of aryl methyl sites for hydroxylation is 1. The molecule has 138 valence electrons. The van der Waals surface area contributed by atoms with Crippen LogP contribution in [0.5, 0.6) is 11.5 Å². The van der Waals surface area contributed by atoms with Gasteiger partial charge in [-0.25, -0.2) is 9.18 Å². The molecule has 7 heteroatoms. The summed E-state index contributed by atoms with van der Waals surface area (Å²) in [6, 6.07) is 9.23. The SMILES string of the molecule is COc1ccc(OC(C)C(=O)NC(C(=O)O)c2ccc(F)c(C)c2)cc1. The number of carboxylic acid groups (broad SMARTS) is 1. The van der Waals surface area contributed by atoms with Crippen LogP contribution in [0.3, 0.4) is 0 Å². The minimum Gasteiger partial charge on any atom is -0.497 e. The number of aliphatic carboxylic acids is 1. The molecule has 6 nitrogen and oxygen atoms in total. The Labute approximate surface area is 150 Å². The largest absolute Gasteiger partial charge is 0.497 e. The summed E-state index contributed by atoms with van der Waals surface area (Å²) in [4.78, 5) is 23.8. The number of ether oxygens (including phenoxy) is 2. The Morgan fingerprint density at radius 2 is 1.73 bits per heavy atom. The monoisotopic (exact) mass is 361 g/mol. The first kappa shape index (κ1) is 19.2. The molecule has 0 radical (unpaired) electrons. The van der Waals surface area contributed by atoms with Gasteiger partial charge in [0.1, 0.15) is 17.3 Å². The summed E-state index contributed by atoms with van der Waals surface area (Å²) >= 11 is 0. The highest BCUT2D eigenvalue weighted by Crippen LogP contribution is 2.20. The summed E-state index contributed by atoms with van der Waals surface area (Å²) in [5, 5.41) is 11.8. The zero-order valence-electron chi connectivity index (χ0n) is 14.7. The number of methoxy groups -OCH3 is 1. The lowest BCUT2D eigenvalue weighted by molar-refractivity contribution is -0.143. The summed E-state index contributed by atoms with van der Waals surface area (Å²) < 4.78 is 23.9. The molecule has 2 rings (SSSR count). The second kappa shape index (κ2) is 8.33. The van der Waals surface area contributed by atoms with Crippen LogP contribution in [0.25, 0.3) is 0 Å². The van der Waals surface area contributed by atoms with Crippen molar-refractivity contribution in [3.05, 3.63) is 59.4 Å². The fourth-order valence-corrected chi connectivity index (χ4v) is 2.31. The molecule has 2 unspecified atom stereocenters. The average Bonchev–Trinajstić information content (AvgIpc) is 2.62. The molecule has 0 heterocycles. The Bertz CT molecular complexity index is 791. The second-order valence-electron chi connectivity index (χ2n) is 5.72. The maximum absolute atomic E-state index is 13.4. The van der Waals surface area contributed by atoms with Crippen molar-refractivity contribution < 1.29 is 28.6 Å². The number of hydrogen-bond donors (Lipinski definition) is 2. The van der Waals surface area contributed by atoms with Crippen molar-refractivity contribution in [3.63, 3.8) is 0 Å². The summed E-state index contributed by atoms with van der Waals surface area (Å²) in [6.07, 6.45) is -0.924. The molecule has 0 aromatic heterocycles. The fraction of sp³-hybridized carbons (Fsp3) is 0.263. The molecule has 0 aliphatic rings. The van der Waals surface area contributed by atoms with Crippen molar-refractivity contribution in [3.8, 4) is 11.5 Å². The highest BCUT2D eigenvalue weighted by atomic mass is 19.1. The van der Waals surface area contributed by atoms with E-state index in [4.69, 9.17) is 9.47 Å². The van der Waals surface area contributed by atoms with E-state index in [9.17, 15) is 19.1 Å². The van der Waals surface area contributed by atoms with Crippen LogP contribution in [0, 0.1) is 12.7 Å². The average molecular weight is 361 g/mol. The number of rotatable bonds is 7. The molecule has 0 saturated carbocycles. The standard InChI is InChI=1S/C19H20FNO5/c1-11-10-13(4-9-16(11)20)17(19(23)24)21-18(22)12(2)26-15-7-5-14(25-3)6-8-15/h4-10,12,17H,1-3H3,(H,21,22)(H,23,24). The normalized spacial score (nSPS) is 12.8. The second-order valence-corrected chi connectivity index (χ2v) is 5.72. The van der Waals surface area contributed by atoms with Gasteiger partial charge in [-0.05, 0) is 55.3 Å². The predicted molar refractivity (Wildman–Crippen MR) is 92.7 cm³/mol. The molecule has 0 aliphatic carbocycles. The Morgan fingerprint density at radius 3 is 2.27 bits per heavy atom. The molecular formula is C19H20FNO5. The third kappa shape index (κ3) is 4.72. The van der Waals surface area contributed by atoms with Gasteiger partial charge in [0, 0.05) is 0 Å². The van der Waals surface area contributed by atoms with E-state index in [-0.39, 0.29) is 5.56 Å². The summed E-state index contributed by atoms with van der Waals surface area (Å²) in [6.45, 7) is 3.03. The summed E-state index contributed by atoms with van der Waals surface area (Å²) in [7, 11) is 1.54. The number of benzene rings is 2. The van der Waals surface area contributed by atoms with E-state index in [0.29, 0.717) is 17.1 Å². The zero-order valence-corrected chi connectivity index (χ0v) is 14.7. The third-order valence-electron chi connectivity index (χ3n) is 3.79. The quantitative estimate of drug-likeness (QED) is 0.792. The van der Waals surface area contributed by atoms with Crippen molar-refractivity contribution in [1.82, 2.24) is 5.32 Å². The van der Waals surface area contributed by atoms with Gasteiger partial charge in [-0.15, -0.1) is 0 Å². The van der Waals surface area contributed by atoms with E-state index in [2.05, 4.69) is 5.32 Å². The molecule has 0 spiro atoms. The van der Waals surface area contributed by atoms with E-state index in [1.807, 2.05) is 0 Å². The molecule has 2 atom stereocenters. The lowest BCUT2D eigenvalue weighted by atomic mass is 10.0. The summed E-state index contributed by atoms with van der Waals surface area (Å²) in [5.41, 5.74) is 0.576. The fourth-order valence-electron chi connectivity index (χ4n) is 2.31. The molecule has 0 fully saturated rings. The van der Waals surface area contributed by atoms with Crippen LogP contribution in [0.1, 0.15) is 24.1 Å². The van der Waals surface area contributed by atoms with Gasteiger partial charge in [0.25, 0.3) is 5.91 Å². The van der Waals surface area contributed by atoms with E-state index in [1.165, 1.54) is 39.2 Å². The molecule has 2 aromatic carbocycles. The van der Waals surface area contributed by atoms with Crippen LogP contribution in [0.2, 0.25) is 0 Å². The number of hydrogen-bond acceptors (Lipinski definition) is 4. The first-order chi connectivity index (χ1) is 12.3. The first-order valence-corrected chi connectivity index (χ1v) is 7.91. The van der Waals surface area contributed by atoms with Crippen molar-refractivity contribution in [1.29, 1.82) is 0 Å². The number of halogens is 1. The molecule has 2 aromatic rings. The summed E-state index contributed by atoms with van der Waals surface area (Å²) in [5.74, 6) is -1.21. The number of carboxylic acids is 1. The number of amides is 1. The van der Waals surface area contributed by atoms with Crippen molar-refractivity contribution in [2.75, 3.05) is 7.11 Å². The van der Waals surface area contributed by atoms with Crippen LogP contribution in [0.15, 0.2) is 42.5 Å². The lowest BCUT2D eigenvalue weighted by Crippen LogP contribution is -2.41. The minimum absolute atomic E-state index is 0.279. The van der Waals surface area contributed by atoms with Crippen molar-refractivity contribution >= 4 is 11.9 Å². The smallest absolute Gasteiger partial charge is 0.330 e. The van der Waals surface area contributed by atoms with Crippen LogP contribution in [-0.4, -0.2) is 30.2 Å². The van der Waals surface area contributed by atoms with Crippen LogP contribution in [-0.2, 0) is 9.59 Å². The zero-order chi connectivity index (χ0) is 19.3. The van der Waals surface area contributed by atoms with Gasteiger partial charge in [-0.3, -0.25) is 4.79 Å². The van der Waals surface area contributed by atoms with Crippen molar-refractivity contribution in [2.45, 2.75) is 26.0 Å². The van der Waals surface area contributed by atoms with Crippen LogP contribution >= 0.6 is 0 Å². The Hall–Kier alpha value is -3.09. The van der Waals surface area contributed by atoms with Crippen molar-refractivity contribution in [2.24, 2.45) is 0 Å². The van der Waals surface area contributed by atoms with Gasteiger partial charge in [0.05, 0.1) is 7.11 Å². The van der Waals surface area contributed by atoms with Gasteiger partial charge in [-0.1, -0.05) is 12.1 Å². The van der Waals surface area contributed by atoms with Crippen LogP contribution < -0.4 is 14.8 Å². The van der Waals surface area contributed by atoms with Gasteiger partial charge < -0.3 is 19.9 Å². The molecule has 1 amide bonds. The molecule has 26 heavy (non-hydrogen) atoms. The number of carbonyl (C=O) groups excluding carboxylic acids is 1. The maximum Gasteiger partial charge on any atom is 0.330 e. The van der Waals surface area contributed by atoms with Gasteiger partial charge in [0.15, 0.2) is 12.1 Å².